The van der Waals surface area contributed by atoms with Crippen molar-refractivity contribution in [3.05, 3.63) is 36.7 Å². The van der Waals surface area contributed by atoms with Gasteiger partial charge in [-0.25, -0.2) is 0 Å². The maximum atomic E-state index is 11.3. The zero-order chi connectivity index (χ0) is 10.7. The number of halogens is 1. The van der Waals surface area contributed by atoms with Gasteiger partial charge in [0.2, 0.25) is 5.91 Å². The minimum atomic E-state index is -0.0562. The average molecular weight is 265 g/mol. The number of rotatable bonds is 2. The van der Waals surface area contributed by atoms with Gasteiger partial charge in [-0.1, -0.05) is 28.1 Å². The number of anilines is 1. The van der Waals surface area contributed by atoms with E-state index in [9.17, 15) is 4.79 Å². The fraction of sp³-hybridized carbons (Fsp3) is 0.0909. The first-order valence-electron chi connectivity index (χ1n) is 4.50. The van der Waals surface area contributed by atoms with E-state index in [1.54, 1.807) is 12.4 Å². The van der Waals surface area contributed by atoms with Gasteiger partial charge in [0.25, 0.3) is 0 Å². The smallest absolute Gasteiger partial charge is 0.235 e. The predicted octanol–water partition coefficient (Wildman–Crippen LogP) is 2.57. The fourth-order valence-corrected chi connectivity index (χ4v) is 1.56. The van der Waals surface area contributed by atoms with Crippen LogP contribution in [-0.4, -0.2) is 16.2 Å². The molecule has 2 aromatic rings. The number of pyridine rings is 1. The monoisotopic (exact) mass is 264 g/mol. The van der Waals surface area contributed by atoms with Gasteiger partial charge in [0, 0.05) is 28.9 Å². The van der Waals surface area contributed by atoms with Crippen molar-refractivity contribution >= 4 is 38.3 Å². The first-order valence-corrected chi connectivity index (χ1v) is 5.62. The van der Waals surface area contributed by atoms with Crippen LogP contribution in [0.5, 0.6) is 0 Å². The van der Waals surface area contributed by atoms with Crippen molar-refractivity contribution in [2.75, 3.05) is 10.6 Å². The summed E-state index contributed by atoms with van der Waals surface area (Å²) in [6.07, 6.45) is 3.49. The van der Waals surface area contributed by atoms with E-state index in [1.165, 1.54) is 0 Å². The van der Waals surface area contributed by atoms with E-state index in [-0.39, 0.29) is 5.91 Å². The molecule has 0 saturated carbocycles. The van der Waals surface area contributed by atoms with Crippen molar-refractivity contribution in [3.8, 4) is 0 Å². The molecule has 0 spiro atoms. The summed E-state index contributed by atoms with van der Waals surface area (Å²) in [6, 6.07) is 7.63. The van der Waals surface area contributed by atoms with Crippen LogP contribution in [0.4, 0.5) is 5.69 Å². The molecule has 1 N–H and O–H groups in total. The number of benzene rings is 1. The molecule has 1 heterocycles. The molecule has 1 aromatic heterocycles. The molecule has 1 amide bonds. The molecule has 0 radical (unpaired) electrons. The van der Waals surface area contributed by atoms with E-state index >= 15 is 0 Å². The number of amides is 1. The van der Waals surface area contributed by atoms with Crippen molar-refractivity contribution < 1.29 is 4.79 Å². The van der Waals surface area contributed by atoms with E-state index < -0.39 is 0 Å². The second-order valence-electron chi connectivity index (χ2n) is 3.08. The van der Waals surface area contributed by atoms with Crippen LogP contribution in [0.1, 0.15) is 0 Å². The quantitative estimate of drug-likeness (QED) is 0.848. The van der Waals surface area contributed by atoms with E-state index in [0.29, 0.717) is 5.33 Å². The Balaban J connectivity index is 2.46. The highest BCUT2D eigenvalue weighted by molar-refractivity contribution is 9.09. The molecule has 2 rings (SSSR count). The average Bonchev–Trinajstić information content (AvgIpc) is 2.29. The standard InChI is InChI=1S/C11H9BrN2O/c12-6-11(15)14-10-3-1-2-8-7-13-5-4-9(8)10/h1-5,7H,6H2,(H,14,15). The van der Waals surface area contributed by atoms with E-state index in [1.807, 2.05) is 24.3 Å². The Morgan fingerprint density at radius 3 is 3.07 bits per heavy atom. The Hall–Kier alpha value is -1.42. The van der Waals surface area contributed by atoms with Gasteiger partial charge in [-0.15, -0.1) is 0 Å². The number of nitrogens with zero attached hydrogens (tertiary/aromatic N) is 1. The Morgan fingerprint density at radius 2 is 2.27 bits per heavy atom. The zero-order valence-corrected chi connectivity index (χ0v) is 9.49. The maximum Gasteiger partial charge on any atom is 0.235 e. The number of hydrogen-bond acceptors (Lipinski definition) is 2. The Labute approximate surface area is 95.6 Å². The lowest BCUT2D eigenvalue weighted by atomic mass is 10.1. The predicted molar refractivity (Wildman–Crippen MR) is 64.2 cm³/mol. The first-order chi connectivity index (χ1) is 7.31. The lowest BCUT2D eigenvalue weighted by Crippen LogP contribution is -2.12. The van der Waals surface area contributed by atoms with E-state index in [0.717, 1.165) is 16.5 Å². The molecular formula is C11H9BrN2O. The zero-order valence-electron chi connectivity index (χ0n) is 7.90. The van der Waals surface area contributed by atoms with Gasteiger partial charge < -0.3 is 5.32 Å². The van der Waals surface area contributed by atoms with Crippen LogP contribution < -0.4 is 5.32 Å². The summed E-state index contributed by atoms with van der Waals surface area (Å²) in [6.45, 7) is 0. The van der Waals surface area contributed by atoms with Crippen LogP contribution in [0.2, 0.25) is 0 Å². The summed E-state index contributed by atoms with van der Waals surface area (Å²) >= 11 is 3.11. The van der Waals surface area contributed by atoms with Gasteiger partial charge in [-0.2, -0.15) is 0 Å². The molecular weight excluding hydrogens is 256 g/mol. The second kappa shape index (κ2) is 4.40. The molecule has 3 nitrogen and oxygen atoms in total. The highest BCUT2D eigenvalue weighted by Crippen LogP contribution is 2.21. The third kappa shape index (κ3) is 2.15. The highest BCUT2D eigenvalue weighted by atomic mass is 79.9. The molecule has 0 aliphatic heterocycles. The molecule has 15 heavy (non-hydrogen) atoms. The van der Waals surface area contributed by atoms with Gasteiger partial charge in [-0.05, 0) is 12.1 Å². The highest BCUT2D eigenvalue weighted by Gasteiger charge is 2.03. The summed E-state index contributed by atoms with van der Waals surface area (Å²) in [5.41, 5.74) is 0.819. The number of hydrogen-bond donors (Lipinski definition) is 1. The summed E-state index contributed by atoms with van der Waals surface area (Å²) in [4.78, 5) is 15.3. The van der Waals surface area contributed by atoms with Crippen LogP contribution in [0.3, 0.4) is 0 Å². The maximum absolute atomic E-state index is 11.3. The van der Waals surface area contributed by atoms with Crippen LogP contribution in [0.15, 0.2) is 36.7 Å². The molecule has 0 atom stereocenters. The van der Waals surface area contributed by atoms with Crippen molar-refractivity contribution in [3.63, 3.8) is 0 Å². The molecule has 0 bridgehead atoms. The van der Waals surface area contributed by atoms with Crippen LogP contribution in [-0.2, 0) is 4.79 Å². The molecule has 1 aromatic carbocycles. The van der Waals surface area contributed by atoms with Crippen LogP contribution in [0.25, 0.3) is 10.8 Å². The number of fused-ring (bicyclic) bond motifs is 1. The van der Waals surface area contributed by atoms with Gasteiger partial charge >= 0.3 is 0 Å². The first kappa shape index (κ1) is 10.1. The van der Waals surface area contributed by atoms with Crippen LogP contribution >= 0.6 is 15.9 Å². The van der Waals surface area contributed by atoms with Gasteiger partial charge in [-0.3, -0.25) is 9.78 Å². The largest absolute Gasteiger partial charge is 0.325 e. The molecule has 4 heteroatoms. The lowest BCUT2D eigenvalue weighted by molar-refractivity contribution is -0.113. The summed E-state index contributed by atoms with van der Waals surface area (Å²) < 4.78 is 0. The van der Waals surface area contributed by atoms with Gasteiger partial charge in [0.1, 0.15) is 0 Å². The fourth-order valence-electron chi connectivity index (χ4n) is 1.42. The molecule has 0 aliphatic carbocycles. The number of alkyl halides is 1. The summed E-state index contributed by atoms with van der Waals surface area (Å²) in [7, 11) is 0. The third-order valence-electron chi connectivity index (χ3n) is 2.08. The number of nitrogens with one attached hydrogen (secondary N) is 1. The van der Waals surface area contributed by atoms with Gasteiger partial charge in [0.15, 0.2) is 0 Å². The summed E-state index contributed by atoms with van der Waals surface area (Å²) in [5.74, 6) is -0.0562. The number of aromatic nitrogens is 1. The SMILES string of the molecule is O=C(CBr)Nc1cccc2cnccc12. The molecule has 76 valence electrons. The molecule has 0 aliphatic rings. The lowest BCUT2D eigenvalue weighted by Gasteiger charge is -2.06. The van der Waals surface area contributed by atoms with Crippen molar-refractivity contribution in [2.45, 2.75) is 0 Å². The van der Waals surface area contributed by atoms with E-state index in [4.69, 9.17) is 0 Å². The van der Waals surface area contributed by atoms with Crippen molar-refractivity contribution in [2.24, 2.45) is 0 Å². The molecule has 0 saturated heterocycles. The normalized spacial score (nSPS) is 10.2. The van der Waals surface area contributed by atoms with Crippen molar-refractivity contribution in [1.29, 1.82) is 0 Å². The summed E-state index contributed by atoms with van der Waals surface area (Å²) in [5, 5.41) is 5.14. The third-order valence-corrected chi connectivity index (χ3v) is 2.59. The second-order valence-corrected chi connectivity index (χ2v) is 3.64. The van der Waals surface area contributed by atoms with Crippen molar-refractivity contribution in [1.82, 2.24) is 4.98 Å². The Morgan fingerprint density at radius 1 is 1.40 bits per heavy atom. The number of carbonyl (C=O) groups is 1. The van der Waals surface area contributed by atoms with Gasteiger partial charge in [0.05, 0.1) is 5.33 Å². The topological polar surface area (TPSA) is 42.0 Å². The minimum absolute atomic E-state index is 0.0562. The van der Waals surface area contributed by atoms with E-state index in [2.05, 4.69) is 26.2 Å². The van der Waals surface area contributed by atoms with Crippen LogP contribution in [0, 0.1) is 0 Å². The Kier molecular flexibility index (Phi) is 2.97. The Bertz CT molecular complexity index is 493. The molecule has 0 unspecified atom stereocenters. The number of carbonyl (C=O) groups excluding carboxylic acids is 1. The minimum Gasteiger partial charge on any atom is -0.325 e. The molecule has 0 fully saturated rings.